The molecule has 0 saturated heterocycles. The number of fused-ring (bicyclic) bond motifs is 5. The number of hydrogen-bond acceptors (Lipinski definition) is 7. The molecule has 4 aliphatic rings. The molecular weight excluding hydrogens is 460 g/mol. The van der Waals surface area contributed by atoms with Crippen LogP contribution in [-0.2, 0) is 33.4 Å². The van der Waals surface area contributed by atoms with Crippen molar-refractivity contribution < 1.29 is 33.4 Å². The second-order valence-corrected chi connectivity index (χ2v) is 12.6. The number of ether oxygens (including phenoxy) is 3. The minimum Gasteiger partial charge on any atom is -0.469 e. The molecule has 0 bridgehead atoms. The van der Waals surface area contributed by atoms with Gasteiger partial charge in [-0.25, -0.2) is 0 Å². The first-order valence-electron chi connectivity index (χ1n) is 13.9. The Balaban J connectivity index is 1.62. The lowest BCUT2D eigenvalue weighted by molar-refractivity contribution is -0.196. The van der Waals surface area contributed by atoms with Crippen LogP contribution in [-0.4, -0.2) is 43.0 Å². The lowest BCUT2D eigenvalue weighted by Gasteiger charge is -2.62. The minimum absolute atomic E-state index is 0.0382. The van der Waals surface area contributed by atoms with Crippen LogP contribution in [0.3, 0.4) is 0 Å². The van der Waals surface area contributed by atoms with Crippen LogP contribution in [0.25, 0.3) is 0 Å². The lowest BCUT2D eigenvalue weighted by atomic mass is 9.43. The van der Waals surface area contributed by atoms with Crippen molar-refractivity contribution in [2.75, 3.05) is 7.11 Å². The van der Waals surface area contributed by atoms with Gasteiger partial charge in [-0.2, -0.15) is 0 Å². The number of rotatable bonds is 6. The van der Waals surface area contributed by atoms with E-state index in [0.29, 0.717) is 25.0 Å². The van der Waals surface area contributed by atoms with Crippen LogP contribution in [0.15, 0.2) is 0 Å². The van der Waals surface area contributed by atoms with Gasteiger partial charge < -0.3 is 14.2 Å². The minimum atomic E-state index is -0.465. The molecule has 4 fully saturated rings. The molecule has 0 unspecified atom stereocenters. The molecule has 202 valence electrons. The average molecular weight is 505 g/mol. The first-order chi connectivity index (χ1) is 16.9. The van der Waals surface area contributed by atoms with Gasteiger partial charge in [0.15, 0.2) is 0 Å². The quantitative estimate of drug-likeness (QED) is 0.375. The first kappa shape index (κ1) is 27.1. The predicted octanol–water partition coefficient (Wildman–Crippen LogP) is 4.89. The van der Waals surface area contributed by atoms with Crippen LogP contribution in [0, 0.1) is 46.3 Å². The Bertz CT molecular complexity index is 898. The Labute approximate surface area is 215 Å². The highest BCUT2D eigenvalue weighted by molar-refractivity contribution is 5.87. The van der Waals surface area contributed by atoms with E-state index < -0.39 is 5.41 Å². The number of hydrogen-bond donors (Lipinski definition) is 0. The fraction of sp³-hybridized carbons (Fsp3) is 0.862. The molecule has 4 rings (SSSR count). The van der Waals surface area contributed by atoms with E-state index in [-0.39, 0.29) is 71.0 Å². The summed E-state index contributed by atoms with van der Waals surface area (Å²) in [6.07, 6.45) is 6.44. The molecule has 0 aromatic heterocycles. The van der Waals surface area contributed by atoms with E-state index in [1.54, 1.807) is 0 Å². The molecule has 0 N–H and O–H groups in total. The van der Waals surface area contributed by atoms with Crippen LogP contribution in [0.4, 0.5) is 0 Å². The number of carbonyl (C=O) groups excluding carboxylic acids is 4. The SMILES string of the molecule is COC(=O)CC[C@H](C)[C@H]1CC[C@@H]2[C@@H]3[C@H](OC(C)=O)C[C@@H]4C[C@H](OC(C)=O)CC[C@]4(C)[C@H]3CC(=O)[C@@]21C. The summed E-state index contributed by atoms with van der Waals surface area (Å²) in [6, 6.07) is 0. The normalized spacial score (nSPS) is 42.4. The third-order valence-electron chi connectivity index (χ3n) is 10.9. The van der Waals surface area contributed by atoms with Crippen molar-refractivity contribution in [3.63, 3.8) is 0 Å². The van der Waals surface area contributed by atoms with Crippen LogP contribution >= 0.6 is 0 Å². The largest absolute Gasteiger partial charge is 0.469 e. The van der Waals surface area contributed by atoms with Crippen LogP contribution in [0.1, 0.15) is 92.4 Å². The highest BCUT2D eigenvalue weighted by atomic mass is 16.5. The summed E-state index contributed by atoms with van der Waals surface area (Å²) in [7, 11) is 1.41. The molecule has 0 spiro atoms. The maximum atomic E-state index is 14.0. The molecule has 4 saturated carbocycles. The summed E-state index contributed by atoms with van der Waals surface area (Å²) in [4.78, 5) is 49.7. The van der Waals surface area contributed by atoms with Gasteiger partial charge in [0.25, 0.3) is 0 Å². The molecule has 0 aromatic rings. The topological polar surface area (TPSA) is 96.0 Å². The molecule has 7 heteroatoms. The number of methoxy groups -OCH3 is 1. The van der Waals surface area contributed by atoms with Gasteiger partial charge in [0.1, 0.15) is 18.0 Å². The fourth-order valence-electron chi connectivity index (χ4n) is 9.14. The summed E-state index contributed by atoms with van der Waals surface area (Å²) < 4.78 is 16.5. The van der Waals surface area contributed by atoms with Crippen molar-refractivity contribution in [3.05, 3.63) is 0 Å². The first-order valence-corrected chi connectivity index (χ1v) is 13.9. The van der Waals surface area contributed by atoms with Crippen molar-refractivity contribution in [1.82, 2.24) is 0 Å². The second-order valence-electron chi connectivity index (χ2n) is 12.6. The highest BCUT2D eigenvalue weighted by Gasteiger charge is 2.66. The van der Waals surface area contributed by atoms with E-state index in [4.69, 9.17) is 14.2 Å². The molecule has 0 amide bonds. The molecular formula is C29H44O7. The lowest BCUT2D eigenvalue weighted by Crippen LogP contribution is -2.62. The summed E-state index contributed by atoms with van der Waals surface area (Å²) >= 11 is 0. The average Bonchev–Trinajstić information content (AvgIpc) is 3.16. The monoisotopic (exact) mass is 504 g/mol. The smallest absolute Gasteiger partial charge is 0.305 e. The molecule has 36 heavy (non-hydrogen) atoms. The van der Waals surface area contributed by atoms with E-state index in [1.165, 1.54) is 21.0 Å². The van der Waals surface area contributed by atoms with E-state index in [0.717, 1.165) is 38.5 Å². The molecule has 0 radical (unpaired) electrons. The van der Waals surface area contributed by atoms with E-state index in [2.05, 4.69) is 20.8 Å². The zero-order valence-corrected chi connectivity index (χ0v) is 22.8. The van der Waals surface area contributed by atoms with Crippen molar-refractivity contribution >= 4 is 23.7 Å². The molecule has 0 aromatic carbocycles. The van der Waals surface area contributed by atoms with Gasteiger partial charge >= 0.3 is 17.9 Å². The van der Waals surface area contributed by atoms with Crippen LogP contribution in [0.2, 0.25) is 0 Å². The highest BCUT2D eigenvalue weighted by Crippen LogP contribution is 2.67. The zero-order valence-electron chi connectivity index (χ0n) is 22.8. The van der Waals surface area contributed by atoms with Crippen molar-refractivity contribution in [2.45, 2.75) is 105 Å². The summed E-state index contributed by atoms with van der Waals surface area (Å²) in [5.41, 5.74) is -0.503. The Morgan fingerprint density at radius 2 is 1.69 bits per heavy atom. The Morgan fingerprint density at radius 1 is 1.00 bits per heavy atom. The number of Topliss-reactive ketones (excluding diaryl/α,β-unsaturated/α-hetero) is 1. The van der Waals surface area contributed by atoms with E-state index >= 15 is 0 Å². The summed E-state index contributed by atoms with van der Waals surface area (Å²) in [5, 5.41) is 0. The molecule has 10 atom stereocenters. The van der Waals surface area contributed by atoms with Gasteiger partial charge in [0.2, 0.25) is 0 Å². The molecule has 4 aliphatic carbocycles. The fourth-order valence-corrected chi connectivity index (χ4v) is 9.14. The van der Waals surface area contributed by atoms with Gasteiger partial charge in [0.05, 0.1) is 7.11 Å². The third-order valence-corrected chi connectivity index (χ3v) is 10.9. The Morgan fingerprint density at radius 3 is 2.33 bits per heavy atom. The van der Waals surface area contributed by atoms with Gasteiger partial charge in [-0.15, -0.1) is 0 Å². The third kappa shape index (κ3) is 4.60. The van der Waals surface area contributed by atoms with Crippen molar-refractivity contribution in [2.24, 2.45) is 46.3 Å². The van der Waals surface area contributed by atoms with Gasteiger partial charge in [-0.3, -0.25) is 19.2 Å². The zero-order chi connectivity index (χ0) is 26.4. The summed E-state index contributed by atoms with van der Waals surface area (Å²) in [5.74, 6) is 0.785. The van der Waals surface area contributed by atoms with Crippen LogP contribution < -0.4 is 0 Å². The van der Waals surface area contributed by atoms with Gasteiger partial charge in [-0.05, 0) is 80.0 Å². The molecule has 0 aliphatic heterocycles. The number of esters is 3. The van der Waals surface area contributed by atoms with E-state index in [9.17, 15) is 19.2 Å². The Hall–Kier alpha value is -1.92. The van der Waals surface area contributed by atoms with Gasteiger partial charge in [-0.1, -0.05) is 20.8 Å². The molecule has 7 nitrogen and oxygen atoms in total. The maximum Gasteiger partial charge on any atom is 0.305 e. The predicted molar refractivity (Wildman–Crippen MR) is 133 cm³/mol. The number of ketones is 1. The summed E-state index contributed by atoms with van der Waals surface area (Å²) in [6.45, 7) is 9.57. The maximum absolute atomic E-state index is 14.0. The molecule has 0 heterocycles. The Kier molecular flexibility index (Phi) is 7.60. The van der Waals surface area contributed by atoms with Gasteiger partial charge in [0, 0.05) is 38.0 Å². The van der Waals surface area contributed by atoms with Crippen molar-refractivity contribution in [3.8, 4) is 0 Å². The standard InChI is InChI=1S/C29H44O7/c1-16(7-10-26(33)34-6)21-8-9-22-27-23(15-25(32)29(21,22)5)28(4)12-11-20(35-17(2)30)13-19(28)14-24(27)36-18(3)31/h16,19-24,27H,7-15H2,1-6H3/t16-,19-,20+,21+,22+,23-,24+,27-,28-,29+/m0/s1. The van der Waals surface area contributed by atoms with Crippen molar-refractivity contribution in [1.29, 1.82) is 0 Å². The second kappa shape index (κ2) is 10.1. The number of carbonyl (C=O) groups is 4. The van der Waals surface area contributed by atoms with Crippen LogP contribution in [0.5, 0.6) is 0 Å². The van der Waals surface area contributed by atoms with E-state index in [1.807, 2.05) is 0 Å².